The van der Waals surface area contributed by atoms with Crippen molar-refractivity contribution < 1.29 is 14.6 Å². The Bertz CT molecular complexity index is 619. The first kappa shape index (κ1) is 20.0. The molecule has 5 nitrogen and oxygen atoms in total. The maximum absolute atomic E-state index is 13.0. The SMILES string of the molecule is COc1ccc(CN(CC2(C)CCCCC2)C(=O)NCC2(O)CCC2)cc1. The Kier molecular flexibility index (Phi) is 6.30. The van der Waals surface area contributed by atoms with E-state index in [0.29, 0.717) is 13.1 Å². The molecular weight excluding hydrogens is 340 g/mol. The monoisotopic (exact) mass is 374 g/mol. The standard InChI is InChI=1S/C22H34N2O3/c1-21(11-4-3-5-12-21)17-24(15-18-7-9-19(27-2)10-8-18)20(25)23-16-22(26)13-6-14-22/h7-10,26H,3-6,11-17H2,1-2H3,(H,23,25). The fourth-order valence-electron chi connectivity index (χ4n) is 4.29. The minimum absolute atomic E-state index is 0.0714. The summed E-state index contributed by atoms with van der Waals surface area (Å²) in [7, 11) is 1.66. The smallest absolute Gasteiger partial charge is 0.317 e. The lowest BCUT2D eigenvalue weighted by atomic mass is 9.75. The molecule has 0 heterocycles. The maximum Gasteiger partial charge on any atom is 0.317 e. The number of rotatable bonds is 7. The molecule has 1 aromatic carbocycles. The van der Waals surface area contributed by atoms with Gasteiger partial charge < -0.3 is 20.1 Å². The summed E-state index contributed by atoms with van der Waals surface area (Å²) in [4.78, 5) is 14.9. The predicted octanol–water partition coefficient (Wildman–Crippen LogP) is 4.09. The van der Waals surface area contributed by atoms with Gasteiger partial charge in [0.25, 0.3) is 0 Å². The number of nitrogens with zero attached hydrogens (tertiary/aromatic N) is 1. The van der Waals surface area contributed by atoms with Crippen LogP contribution in [0, 0.1) is 5.41 Å². The summed E-state index contributed by atoms with van der Waals surface area (Å²) in [5, 5.41) is 13.3. The molecule has 0 atom stereocenters. The van der Waals surface area contributed by atoms with Gasteiger partial charge in [-0.1, -0.05) is 38.3 Å². The van der Waals surface area contributed by atoms with Crippen molar-refractivity contribution in [1.29, 1.82) is 0 Å². The molecule has 1 aromatic rings. The van der Waals surface area contributed by atoms with Crippen LogP contribution in [0.15, 0.2) is 24.3 Å². The summed E-state index contributed by atoms with van der Waals surface area (Å²) in [6.45, 7) is 3.98. The number of aliphatic hydroxyl groups is 1. The van der Waals surface area contributed by atoms with Crippen molar-refractivity contribution >= 4 is 6.03 Å². The number of hydrogen-bond donors (Lipinski definition) is 2. The second-order valence-electron chi connectivity index (χ2n) is 8.81. The van der Waals surface area contributed by atoms with Gasteiger partial charge in [-0.15, -0.1) is 0 Å². The number of carbonyl (C=O) groups excluding carboxylic acids is 1. The predicted molar refractivity (Wildman–Crippen MR) is 107 cm³/mol. The van der Waals surface area contributed by atoms with Crippen LogP contribution < -0.4 is 10.1 Å². The van der Waals surface area contributed by atoms with Crippen molar-refractivity contribution in [1.82, 2.24) is 10.2 Å². The average Bonchev–Trinajstić information content (AvgIpc) is 2.65. The third kappa shape index (κ3) is 5.38. The van der Waals surface area contributed by atoms with E-state index in [1.165, 1.54) is 32.1 Å². The molecule has 2 amide bonds. The molecule has 2 aliphatic carbocycles. The highest BCUT2D eigenvalue weighted by Crippen LogP contribution is 2.37. The molecule has 0 bridgehead atoms. The fourth-order valence-corrected chi connectivity index (χ4v) is 4.29. The number of methoxy groups -OCH3 is 1. The normalized spacial score (nSPS) is 20.4. The Morgan fingerprint density at radius 3 is 2.33 bits per heavy atom. The second kappa shape index (κ2) is 8.51. The molecule has 0 aromatic heterocycles. The van der Waals surface area contributed by atoms with E-state index in [0.717, 1.165) is 37.1 Å². The number of ether oxygens (including phenoxy) is 1. The first-order valence-corrected chi connectivity index (χ1v) is 10.3. The van der Waals surface area contributed by atoms with Crippen LogP contribution in [0.3, 0.4) is 0 Å². The van der Waals surface area contributed by atoms with Crippen molar-refractivity contribution in [3.63, 3.8) is 0 Å². The van der Waals surface area contributed by atoms with Crippen LogP contribution in [0.1, 0.15) is 63.9 Å². The van der Waals surface area contributed by atoms with E-state index < -0.39 is 5.60 Å². The van der Waals surface area contributed by atoms with E-state index in [9.17, 15) is 9.90 Å². The van der Waals surface area contributed by atoms with Crippen LogP contribution in [-0.2, 0) is 6.54 Å². The zero-order valence-corrected chi connectivity index (χ0v) is 16.8. The van der Waals surface area contributed by atoms with Gasteiger partial charge in [0, 0.05) is 19.6 Å². The Labute approximate surface area is 163 Å². The number of hydrogen-bond acceptors (Lipinski definition) is 3. The van der Waals surface area contributed by atoms with Gasteiger partial charge >= 0.3 is 6.03 Å². The van der Waals surface area contributed by atoms with Gasteiger partial charge in [0.2, 0.25) is 0 Å². The van der Waals surface area contributed by atoms with Crippen molar-refractivity contribution in [2.75, 3.05) is 20.2 Å². The van der Waals surface area contributed by atoms with Crippen LogP contribution in [0.4, 0.5) is 4.79 Å². The van der Waals surface area contributed by atoms with Gasteiger partial charge in [-0.25, -0.2) is 4.79 Å². The lowest BCUT2D eigenvalue weighted by molar-refractivity contribution is -0.0300. The number of carbonyl (C=O) groups is 1. The van der Waals surface area contributed by atoms with E-state index >= 15 is 0 Å². The van der Waals surface area contributed by atoms with E-state index in [4.69, 9.17) is 4.74 Å². The highest BCUT2D eigenvalue weighted by Gasteiger charge is 2.36. The number of nitrogens with one attached hydrogen (secondary N) is 1. The van der Waals surface area contributed by atoms with Crippen LogP contribution in [-0.4, -0.2) is 41.8 Å². The van der Waals surface area contributed by atoms with Crippen molar-refractivity contribution in [3.05, 3.63) is 29.8 Å². The van der Waals surface area contributed by atoms with Crippen LogP contribution >= 0.6 is 0 Å². The lowest BCUT2D eigenvalue weighted by Crippen LogP contribution is -2.52. The Balaban J connectivity index is 1.67. The number of urea groups is 1. The molecule has 150 valence electrons. The Morgan fingerprint density at radius 2 is 1.78 bits per heavy atom. The summed E-state index contributed by atoms with van der Waals surface area (Å²) < 4.78 is 5.23. The first-order chi connectivity index (χ1) is 12.9. The summed E-state index contributed by atoms with van der Waals surface area (Å²) in [6, 6.07) is 7.83. The molecule has 5 heteroatoms. The van der Waals surface area contributed by atoms with Crippen LogP contribution in [0.25, 0.3) is 0 Å². The molecule has 0 saturated heterocycles. The molecular formula is C22H34N2O3. The molecule has 2 saturated carbocycles. The maximum atomic E-state index is 13.0. The summed E-state index contributed by atoms with van der Waals surface area (Å²) in [6.07, 6.45) is 8.73. The van der Waals surface area contributed by atoms with Gasteiger partial charge in [-0.05, 0) is 55.2 Å². The third-order valence-electron chi connectivity index (χ3n) is 6.31. The molecule has 3 rings (SSSR count). The Morgan fingerprint density at radius 1 is 1.11 bits per heavy atom. The zero-order valence-electron chi connectivity index (χ0n) is 16.8. The Hall–Kier alpha value is -1.75. The fraction of sp³-hybridized carbons (Fsp3) is 0.682. The highest BCUT2D eigenvalue weighted by atomic mass is 16.5. The van der Waals surface area contributed by atoms with E-state index in [1.807, 2.05) is 29.2 Å². The van der Waals surface area contributed by atoms with E-state index in [-0.39, 0.29) is 11.4 Å². The van der Waals surface area contributed by atoms with E-state index in [2.05, 4.69) is 12.2 Å². The number of amides is 2. The molecule has 0 spiro atoms. The van der Waals surface area contributed by atoms with Gasteiger partial charge in [-0.3, -0.25) is 0 Å². The molecule has 0 unspecified atom stereocenters. The van der Waals surface area contributed by atoms with Crippen molar-refractivity contribution in [2.45, 2.75) is 70.4 Å². The summed E-state index contributed by atoms with van der Waals surface area (Å²) in [5.74, 6) is 0.821. The van der Waals surface area contributed by atoms with E-state index in [1.54, 1.807) is 7.11 Å². The molecule has 2 N–H and O–H groups in total. The van der Waals surface area contributed by atoms with Crippen LogP contribution in [0.2, 0.25) is 0 Å². The molecule has 0 aliphatic heterocycles. The van der Waals surface area contributed by atoms with Gasteiger partial charge in [0.15, 0.2) is 0 Å². The lowest BCUT2D eigenvalue weighted by Gasteiger charge is -2.40. The van der Waals surface area contributed by atoms with Gasteiger partial charge in [0.1, 0.15) is 5.75 Å². The minimum Gasteiger partial charge on any atom is -0.497 e. The molecule has 0 radical (unpaired) electrons. The van der Waals surface area contributed by atoms with Crippen molar-refractivity contribution in [2.24, 2.45) is 5.41 Å². The summed E-state index contributed by atoms with van der Waals surface area (Å²) in [5.41, 5.74) is 0.568. The molecule has 2 fully saturated rings. The zero-order chi connectivity index (χ0) is 19.3. The second-order valence-corrected chi connectivity index (χ2v) is 8.81. The van der Waals surface area contributed by atoms with Gasteiger partial charge in [-0.2, -0.15) is 0 Å². The third-order valence-corrected chi connectivity index (χ3v) is 6.31. The summed E-state index contributed by atoms with van der Waals surface area (Å²) >= 11 is 0. The highest BCUT2D eigenvalue weighted by molar-refractivity contribution is 5.74. The largest absolute Gasteiger partial charge is 0.497 e. The average molecular weight is 375 g/mol. The molecule has 2 aliphatic rings. The topological polar surface area (TPSA) is 61.8 Å². The number of benzene rings is 1. The van der Waals surface area contributed by atoms with Crippen molar-refractivity contribution in [3.8, 4) is 5.75 Å². The minimum atomic E-state index is -0.698. The van der Waals surface area contributed by atoms with Crippen LogP contribution in [0.5, 0.6) is 5.75 Å². The first-order valence-electron chi connectivity index (χ1n) is 10.3. The molecule has 27 heavy (non-hydrogen) atoms. The van der Waals surface area contributed by atoms with Gasteiger partial charge in [0.05, 0.1) is 12.7 Å². The quantitative estimate of drug-likeness (QED) is 0.755.